The molecular formula is C19H19N3O. The first-order chi connectivity index (χ1) is 11.3. The Hall–Kier alpha value is -2.80. The standard InChI is InChI=1S/C19H19N3O/c20-13-12-14-6-8-16(9-7-14)21-18(15-4-2-1-3-5-15)19(23)22-17-10-11-17/h1-9,17-18,21H,10-12H2,(H,22,23)/t18-/m0/s1. The first kappa shape index (κ1) is 15.1. The Morgan fingerprint density at radius 3 is 2.43 bits per heavy atom. The Kier molecular flexibility index (Phi) is 4.58. The van der Waals surface area contributed by atoms with Gasteiger partial charge in [0, 0.05) is 11.7 Å². The fourth-order valence-electron chi connectivity index (χ4n) is 2.43. The Bertz CT molecular complexity index is 700. The van der Waals surface area contributed by atoms with Gasteiger partial charge in [-0.25, -0.2) is 0 Å². The van der Waals surface area contributed by atoms with Crippen LogP contribution in [0.3, 0.4) is 0 Å². The molecule has 0 spiro atoms. The molecule has 0 unspecified atom stereocenters. The van der Waals surface area contributed by atoms with Crippen LogP contribution >= 0.6 is 0 Å². The Morgan fingerprint density at radius 1 is 1.13 bits per heavy atom. The van der Waals surface area contributed by atoms with Crippen molar-refractivity contribution >= 4 is 11.6 Å². The summed E-state index contributed by atoms with van der Waals surface area (Å²) in [4.78, 5) is 12.6. The van der Waals surface area contributed by atoms with E-state index in [1.807, 2.05) is 54.6 Å². The summed E-state index contributed by atoms with van der Waals surface area (Å²) in [6.45, 7) is 0. The molecule has 0 bridgehead atoms. The molecular weight excluding hydrogens is 286 g/mol. The Balaban J connectivity index is 1.77. The Morgan fingerprint density at radius 2 is 1.83 bits per heavy atom. The summed E-state index contributed by atoms with van der Waals surface area (Å²) in [5.74, 6) is -0.000184. The van der Waals surface area contributed by atoms with E-state index in [1.165, 1.54) is 0 Å². The summed E-state index contributed by atoms with van der Waals surface area (Å²) < 4.78 is 0. The van der Waals surface area contributed by atoms with E-state index in [9.17, 15) is 4.79 Å². The van der Waals surface area contributed by atoms with Crippen molar-refractivity contribution in [3.05, 3.63) is 65.7 Å². The van der Waals surface area contributed by atoms with E-state index < -0.39 is 6.04 Å². The van der Waals surface area contributed by atoms with Crippen LogP contribution in [-0.4, -0.2) is 11.9 Å². The normalized spacial score (nSPS) is 14.6. The maximum absolute atomic E-state index is 12.6. The smallest absolute Gasteiger partial charge is 0.247 e. The summed E-state index contributed by atoms with van der Waals surface area (Å²) in [6, 6.07) is 19.4. The molecule has 1 atom stereocenters. The molecule has 2 aromatic carbocycles. The van der Waals surface area contributed by atoms with Crippen molar-refractivity contribution in [2.24, 2.45) is 0 Å². The lowest BCUT2D eigenvalue weighted by molar-refractivity contribution is -0.122. The number of amides is 1. The van der Waals surface area contributed by atoms with Gasteiger partial charge in [0.15, 0.2) is 0 Å². The average Bonchev–Trinajstić information content (AvgIpc) is 3.39. The molecule has 23 heavy (non-hydrogen) atoms. The molecule has 2 aromatic rings. The summed E-state index contributed by atoms with van der Waals surface area (Å²) in [6.07, 6.45) is 2.52. The molecule has 1 amide bonds. The topological polar surface area (TPSA) is 64.9 Å². The molecule has 1 aliphatic rings. The predicted molar refractivity (Wildman–Crippen MR) is 89.7 cm³/mol. The Labute approximate surface area is 136 Å². The molecule has 0 aromatic heterocycles. The summed E-state index contributed by atoms with van der Waals surface area (Å²) in [7, 11) is 0. The van der Waals surface area contributed by atoms with Gasteiger partial charge in [0.25, 0.3) is 0 Å². The van der Waals surface area contributed by atoms with Gasteiger partial charge in [0.05, 0.1) is 12.5 Å². The maximum atomic E-state index is 12.6. The van der Waals surface area contributed by atoms with E-state index in [0.29, 0.717) is 12.5 Å². The largest absolute Gasteiger partial charge is 0.370 e. The summed E-state index contributed by atoms with van der Waals surface area (Å²) >= 11 is 0. The molecule has 3 rings (SSSR count). The highest BCUT2D eigenvalue weighted by molar-refractivity contribution is 5.86. The van der Waals surface area contributed by atoms with Crippen LogP contribution in [-0.2, 0) is 11.2 Å². The van der Waals surface area contributed by atoms with Gasteiger partial charge in [-0.15, -0.1) is 0 Å². The van der Waals surface area contributed by atoms with Gasteiger partial charge in [-0.3, -0.25) is 4.79 Å². The summed E-state index contributed by atoms with van der Waals surface area (Å²) in [5.41, 5.74) is 2.77. The van der Waals surface area contributed by atoms with Crippen LogP contribution in [0.5, 0.6) is 0 Å². The highest BCUT2D eigenvalue weighted by Crippen LogP contribution is 2.24. The zero-order valence-electron chi connectivity index (χ0n) is 12.8. The fraction of sp³-hybridized carbons (Fsp3) is 0.263. The quantitative estimate of drug-likeness (QED) is 0.861. The lowest BCUT2D eigenvalue weighted by Gasteiger charge is -2.20. The summed E-state index contributed by atoms with van der Waals surface area (Å²) in [5, 5.41) is 15.1. The second-order valence-electron chi connectivity index (χ2n) is 5.80. The molecule has 0 saturated heterocycles. The number of hydrogen-bond donors (Lipinski definition) is 2. The molecule has 1 fully saturated rings. The minimum Gasteiger partial charge on any atom is -0.370 e. The van der Waals surface area contributed by atoms with Crippen molar-refractivity contribution < 1.29 is 4.79 Å². The SMILES string of the molecule is N#CCc1ccc(N[C@H](C(=O)NC2CC2)c2ccccc2)cc1. The molecule has 116 valence electrons. The highest BCUT2D eigenvalue weighted by atomic mass is 16.2. The number of rotatable bonds is 6. The number of nitriles is 1. The van der Waals surface area contributed by atoms with E-state index >= 15 is 0 Å². The molecule has 4 heteroatoms. The number of benzene rings is 2. The van der Waals surface area contributed by atoms with Gasteiger partial charge >= 0.3 is 0 Å². The lowest BCUT2D eigenvalue weighted by atomic mass is 10.1. The van der Waals surface area contributed by atoms with Crippen molar-refractivity contribution in [2.45, 2.75) is 31.3 Å². The van der Waals surface area contributed by atoms with Crippen LogP contribution in [0, 0.1) is 11.3 Å². The number of hydrogen-bond acceptors (Lipinski definition) is 3. The van der Waals surface area contributed by atoms with Crippen LogP contribution < -0.4 is 10.6 Å². The van der Waals surface area contributed by atoms with E-state index in [4.69, 9.17) is 5.26 Å². The zero-order chi connectivity index (χ0) is 16.1. The van der Waals surface area contributed by atoms with Crippen molar-refractivity contribution in [3.63, 3.8) is 0 Å². The van der Waals surface area contributed by atoms with Crippen LogP contribution in [0.2, 0.25) is 0 Å². The van der Waals surface area contributed by atoms with E-state index in [-0.39, 0.29) is 5.91 Å². The third-order valence-corrected chi connectivity index (χ3v) is 3.87. The van der Waals surface area contributed by atoms with Gasteiger partial charge in [0.2, 0.25) is 5.91 Å². The zero-order valence-corrected chi connectivity index (χ0v) is 12.8. The van der Waals surface area contributed by atoms with E-state index in [0.717, 1.165) is 29.7 Å². The van der Waals surface area contributed by atoms with Crippen LogP contribution in [0.4, 0.5) is 5.69 Å². The van der Waals surface area contributed by atoms with E-state index in [1.54, 1.807) is 0 Å². The first-order valence-corrected chi connectivity index (χ1v) is 7.84. The van der Waals surface area contributed by atoms with Gasteiger partial charge in [-0.05, 0) is 36.1 Å². The predicted octanol–water partition coefficient (Wildman–Crippen LogP) is 3.18. The molecule has 2 N–H and O–H groups in total. The maximum Gasteiger partial charge on any atom is 0.247 e. The third-order valence-electron chi connectivity index (χ3n) is 3.87. The van der Waals surface area contributed by atoms with Gasteiger partial charge in [-0.1, -0.05) is 42.5 Å². The van der Waals surface area contributed by atoms with E-state index in [2.05, 4.69) is 16.7 Å². The lowest BCUT2D eigenvalue weighted by Crippen LogP contribution is -2.34. The average molecular weight is 305 g/mol. The van der Waals surface area contributed by atoms with Crippen molar-refractivity contribution in [3.8, 4) is 6.07 Å². The third kappa shape index (κ3) is 4.10. The molecule has 4 nitrogen and oxygen atoms in total. The highest BCUT2D eigenvalue weighted by Gasteiger charge is 2.28. The van der Waals surface area contributed by atoms with Crippen molar-refractivity contribution in [2.75, 3.05) is 5.32 Å². The van der Waals surface area contributed by atoms with Gasteiger partial charge in [0.1, 0.15) is 6.04 Å². The second kappa shape index (κ2) is 6.97. The van der Waals surface area contributed by atoms with Crippen molar-refractivity contribution in [1.29, 1.82) is 5.26 Å². The molecule has 1 saturated carbocycles. The van der Waals surface area contributed by atoms with Gasteiger partial charge in [-0.2, -0.15) is 5.26 Å². The fourth-order valence-corrected chi connectivity index (χ4v) is 2.43. The van der Waals surface area contributed by atoms with Crippen LogP contribution in [0.25, 0.3) is 0 Å². The van der Waals surface area contributed by atoms with Crippen LogP contribution in [0.15, 0.2) is 54.6 Å². The van der Waals surface area contributed by atoms with Crippen molar-refractivity contribution in [1.82, 2.24) is 5.32 Å². The first-order valence-electron chi connectivity index (χ1n) is 7.84. The number of nitrogens with one attached hydrogen (secondary N) is 2. The van der Waals surface area contributed by atoms with Crippen LogP contribution in [0.1, 0.15) is 30.0 Å². The minimum absolute atomic E-state index is 0.000184. The molecule has 0 aliphatic heterocycles. The number of carbonyl (C=O) groups is 1. The molecule has 1 aliphatic carbocycles. The number of carbonyl (C=O) groups excluding carboxylic acids is 1. The second-order valence-corrected chi connectivity index (χ2v) is 5.80. The molecule has 0 radical (unpaired) electrons. The molecule has 0 heterocycles. The monoisotopic (exact) mass is 305 g/mol. The minimum atomic E-state index is -0.418. The number of nitrogens with zero attached hydrogens (tertiary/aromatic N) is 1. The van der Waals surface area contributed by atoms with Gasteiger partial charge < -0.3 is 10.6 Å². The number of anilines is 1.